The summed E-state index contributed by atoms with van der Waals surface area (Å²) in [5, 5.41) is 5.96. The number of hydroxylamine groups is 2. The number of benzene rings is 2. The average molecular weight is 689 g/mol. The number of unbranched alkanes of at least 4 members (excludes halogenated alkanes) is 2. The first kappa shape index (κ1) is 37.6. The number of ether oxygens (including phenoxy) is 1. The van der Waals surface area contributed by atoms with Gasteiger partial charge in [-0.05, 0) is 62.6 Å². The lowest BCUT2D eigenvalue weighted by Gasteiger charge is -2.32. The van der Waals surface area contributed by atoms with E-state index in [1.165, 1.54) is 43.3 Å². The normalized spacial score (nSPS) is 12.3. The molecule has 1 aromatic heterocycles. The summed E-state index contributed by atoms with van der Waals surface area (Å²) in [6.45, 7) is 7.07. The monoisotopic (exact) mass is 688 g/mol. The fourth-order valence-corrected chi connectivity index (χ4v) is 5.39. The lowest BCUT2D eigenvalue weighted by Crippen LogP contribution is -2.49. The van der Waals surface area contributed by atoms with E-state index in [4.69, 9.17) is 23.4 Å². The molecule has 15 heteroatoms. The van der Waals surface area contributed by atoms with Crippen molar-refractivity contribution in [2.45, 2.75) is 65.8 Å². The number of rotatable bonds is 19. The molecule has 0 bridgehead atoms. The summed E-state index contributed by atoms with van der Waals surface area (Å²) in [6, 6.07) is 10.7. The van der Waals surface area contributed by atoms with Gasteiger partial charge >= 0.3 is 14.2 Å². The maximum Gasteiger partial charge on any atom is 0.747 e. The van der Waals surface area contributed by atoms with Crippen molar-refractivity contribution in [3.8, 4) is 22.8 Å². The van der Waals surface area contributed by atoms with Crippen molar-refractivity contribution < 1.29 is 51.5 Å². The number of halogens is 1. The minimum Gasteiger partial charge on any atom is -0.494 e. The molecule has 13 nitrogen and oxygen atoms in total. The molecule has 0 fully saturated rings. The van der Waals surface area contributed by atoms with Crippen LogP contribution in [0.15, 0.2) is 52.9 Å². The quantitative estimate of drug-likeness (QED) is 0.0457. The Hall–Kier alpha value is -4.81. The molecule has 3 N–H and O–H groups in total. The molecule has 3 rings (SSSR count). The third-order valence-electron chi connectivity index (χ3n) is 7.38. The molecule has 0 aliphatic carbocycles. The SMILES string of the molecule is CCCCCC(C(=O)NCNC(=O)c1ccc(-c2cc(OCC)cc(O[P+](=O)O)c2)o1)C(CC)N(C=O)OC(=O)c1c(C)cccc1F. The Bertz CT molecular complexity index is 1580. The van der Waals surface area contributed by atoms with Crippen LogP contribution in [0.1, 0.15) is 79.4 Å². The second-order valence-corrected chi connectivity index (χ2v) is 11.4. The van der Waals surface area contributed by atoms with Crippen molar-refractivity contribution in [2.75, 3.05) is 13.3 Å². The van der Waals surface area contributed by atoms with Crippen LogP contribution in [0.25, 0.3) is 11.3 Å². The van der Waals surface area contributed by atoms with E-state index in [1.54, 1.807) is 19.9 Å². The second-order valence-electron chi connectivity index (χ2n) is 10.7. The molecule has 0 aliphatic heterocycles. The van der Waals surface area contributed by atoms with E-state index in [9.17, 15) is 28.1 Å². The molecular weight excluding hydrogens is 648 g/mol. The first-order valence-corrected chi connectivity index (χ1v) is 16.6. The molecule has 2 aromatic carbocycles. The van der Waals surface area contributed by atoms with Crippen molar-refractivity contribution in [1.82, 2.24) is 15.7 Å². The van der Waals surface area contributed by atoms with Crippen LogP contribution < -0.4 is 19.9 Å². The van der Waals surface area contributed by atoms with Gasteiger partial charge in [0.2, 0.25) is 12.3 Å². The fraction of sp³-hybridized carbons (Fsp3) is 0.394. The number of furan rings is 1. The van der Waals surface area contributed by atoms with E-state index in [1.807, 2.05) is 6.92 Å². The zero-order chi connectivity index (χ0) is 35.2. The molecule has 3 atom stereocenters. The summed E-state index contributed by atoms with van der Waals surface area (Å²) in [4.78, 5) is 65.7. The van der Waals surface area contributed by atoms with Gasteiger partial charge in [0.25, 0.3) is 5.91 Å². The van der Waals surface area contributed by atoms with Crippen LogP contribution in [0.5, 0.6) is 11.5 Å². The molecule has 258 valence electrons. The van der Waals surface area contributed by atoms with E-state index >= 15 is 0 Å². The predicted molar refractivity (Wildman–Crippen MR) is 172 cm³/mol. The number of carbonyl (C=O) groups is 4. The van der Waals surface area contributed by atoms with Gasteiger partial charge in [-0.2, -0.15) is 5.06 Å². The van der Waals surface area contributed by atoms with Crippen molar-refractivity contribution in [2.24, 2.45) is 5.92 Å². The smallest absolute Gasteiger partial charge is 0.494 e. The maximum absolute atomic E-state index is 14.4. The average Bonchev–Trinajstić information content (AvgIpc) is 3.54. The molecule has 3 amide bonds. The second kappa shape index (κ2) is 18.5. The van der Waals surface area contributed by atoms with Crippen molar-refractivity contribution in [3.05, 3.63) is 71.2 Å². The summed E-state index contributed by atoms with van der Waals surface area (Å²) in [5.41, 5.74) is 0.437. The molecule has 3 unspecified atom stereocenters. The number of carbonyl (C=O) groups excluding carboxylic acids is 4. The highest BCUT2D eigenvalue weighted by atomic mass is 31.1. The van der Waals surface area contributed by atoms with Gasteiger partial charge in [0.1, 0.15) is 22.9 Å². The Labute approximate surface area is 278 Å². The summed E-state index contributed by atoms with van der Waals surface area (Å²) in [6.07, 6.45) is 3.21. The Balaban J connectivity index is 1.70. The zero-order valence-corrected chi connectivity index (χ0v) is 28.1. The van der Waals surface area contributed by atoms with Crippen LogP contribution in [0.2, 0.25) is 0 Å². The largest absolute Gasteiger partial charge is 0.747 e. The van der Waals surface area contributed by atoms with E-state index < -0.39 is 43.8 Å². The van der Waals surface area contributed by atoms with Gasteiger partial charge in [0.15, 0.2) is 11.5 Å². The van der Waals surface area contributed by atoms with Crippen molar-refractivity contribution in [1.29, 1.82) is 0 Å². The lowest BCUT2D eigenvalue weighted by molar-refractivity contribution is -0.171. The first-order chi connectivity index (χ1) is 23.0. The van der Waals surface area contributed by atoms with Gasteiger partial charge in [-0.25, -0.2) is 13.7 Å². The third kappa shape index (κ3) is 10.3. The van der Waals surface area contributed by atoms with Crippen LogP contribution >= 0.6 is 8.25 Å². The molecule has 3 aromatic rings. The van der Waals surface area contributed by atoms with E-state index in [-0.39, 0.29) is 35.9 Å². The third-order valence-corrected chi connectivity index (χ3v) is 7.75. The summed E-state index contributed by atoms with van der Waals surface area (Å²) in [7, 11) is -2.92. The Morgan fingerprint density at radius 2 is 1.81 bits per heavy atom. The topological polar surface area (TPSA) is 174 Å². The minimum atomic E-state index is -2.92. The number of nitrogens with zero attached hydrogens (tertiary/aromatic N) is 1. The van der Waals surface area contributed by atoms with E-state index in [2.05, 4.69) is 10.6 Å². The summed E-state index contributed by atoms with van der Waals surface area (Å²) < 4.78 is 41.7. The molecule has 0 spiro atoms. The molecule has 0 saturated carbocycles. The van der Waals surface area contributed by atoms with Crippen LogP contribution in [-0.2, 0) is 19.0 Å². The number of hydrogen-bond donors (Lipinski definition) is 3. The highest BCUT2D eigenvalue weighted by Gasteiger charge is 2.34. The Morgan fingerprint density at radius 1 is 1.06 bits per heavy atom. The molecule has 0 aliphatic rings. The Kier molecular flexibility index (Phi) is 14.5. The van der Waals surface area contributed by atoms with Gasteiger partial charge in [0, 0.05) is 16.2 Å². The van der Waals surface area contributed by atoms with Gasteiger partial charge in [-0.1, -0.05) is 45.2 Å². The van der Waals surface area contributed by atoms with Crippen LogP contribution in [0.3, 0.4) is 0 Å². The first-order valence-electron chi connectivity index (χ1n) is 15.5. The molecular formula is C33H40FN3O10P+. The number of hydrogen-bond acceptors (Lipinski definition) is 9. The van der Waals surface area contributed by atoms with Crippen molar-refractivity contribution >= 4 is 32.4 Å². The number of amides is 3. The maximum atomic E-state index is 14.4. The number of nitrogens with one attached hydrogen (secondary N) is 2. The van der Waals surface area contributed by atoms with Gasteiger partial charge in [-0.3, -0.25) is 14.4 Å². The van der Waals surface area contributed by atoms with E-state index in [0.717, 1.165) is 24.0 Å². The van der Waals surface area contributed by atoms with Crippen LogP contribution in [0, 0.1) is 18.7 Å². The van der Waals surface area contributed by atoms with Crippen LogP contribution in [0.4, 0.5) is 4.39 Å². The summed E-state index contributed by atoms with van der Waals surface area (Å²) >= 11 is 0. The van der Waals surface area contributed by atoms with Crippen LogP contribution in [-0.4, -0.2) is 53.5 Å². The van der Waals surface area contributed by atoms with Gasteiger partial charge in [0.05, 0.1) is 25.2 Å². The highest BCUT2D eigenvalue weighted by molar-refractivity contribution is 7.32. The number of aryl methyl sites for hydroxylation is 1. The molecule has 48 heavy (non-hydrogen) atoms. The zero-order valence-electron chi connectivity index (χ0n) is 27.2. The van der Waals surface area contributed by atoms with Gasteiger partial charge < -0.3 is 24.6 Å². The standard InChI is InChI=1S/C33H39FN3O10P/c1-5-8-9-12-25(27(6-2)37(20-38)46-33(41)30-21(4)11-10-13-26(30)34)31(39)35-19-36-32(40)29-15-14-28(45-29)22-16-23(44-7-3)18-24(17-22)47-48(42)43/h10-11,13-18,20,25,27H,5-9,12,19H2,1-4H3,(H2-,35,36,39,40,42,43)/p+1. The molecule has 1 heterocycles. The Morgan fingerprint density at radius 3 is 2.46 bits per heavy atom. The highest BCUT2D eigenvalue weighted by Crippen LogP contribution is 2.34. The lowest BCUT2D eigenvalue weighted by atomic mass is 9.90. The van der Waals surface area contributed by atoms with E-state index in [0.29, 0.717) is 42.7 Å². The predicted octanol–water partition coefficient (Wildman–Crippen LogP) is 5.83. The fourth-order valence-electron chi connectivity index (χ4n) is 5.11. The summed E-state index contributed by atoms with van der Waals surface area (Å²) in [5.74, 6) is -3.23. The van der Waals surface area contributed by atoms with Gasteiger partial charge in [-0.15, -0.1) is 4.89 Å². The minimum absolute atomic E-state index is 0.0637. The molecule has 0 radical (unpaired) electrons. The van der Waals surface area contributed by atoms with Crippen molar-refractivity contribution in [3.63, 3.8) is 0 Å². The molecule has 0 saturated heterocycles.